The fraction of sp³-hybridized carbons (Fsp3) is 0.500. The largest absolute Gasteiger partial charge is 0.461 e. The van der Waals surface area contributed by atoms with Crippen molar-refractivity contribution in [3.8, 4) is 0 Å². The van der Waals surface area contributed by atoms with E-state index in [2.05, 4.69) is 0 Å². The molecule has 0 saturated carbocycles. The number of amides is 2. The highest BCUT2D eigenvalue weighted by molar-refractivity contribution is 6.01. The second kappa shape index (κ2) is 5.11. The van der Waals surface area contributed by atoms with Gasteiger partial charge in [-0.25, -0.2) is 0 Å². The summed E-state index contributed by atoms with van der Waals surface area (Å²) >= 11 is 0. The zero-order chi connectivity index (χ0) is 14.1. The predicted octanol–water partition coefficient (Wildman–Crippen LogP) is 0.686. The van der Waals surface area contributed by atoms with Crippen LogP contribution in [0.4, 0.5) is 0 Å². The third kappa shape index (κ3) is 2.21. The third-order valence-corrected chi connectivity index (χ3v) is 3.88. The molecule has 0 aromatic carbocycles. The lowest BCUT2D eigenvalue weighted by Gasteiger charge is -2.42. The Kier molecular flexibility index (Phi) is 3.30. The first kappa shape index (κ1) is 12.9. The van der Waals surface area contributed by atoms with Crippen molar-refractivity contribution < 1.29 is 18.8 Å². The normalized spacial score (nSPS) is 22.9. The molecule has 2 fully saturated rings. The first-order chi connectivity index (χ1) is 9.66. The van der Waals surface area contributed by atoms with Crippen LogP contribution in [0, 0.1) is 0 Å². The highest BCUT2D eigenvalue weighted by Gasteiger charge is 2.40. The van der Waals surface area contributed by atoms with E-state index in [1.165, 1.54) is 11.2 Å². The summed E-state index contributed by atoms with van der Waals surface area (Å²) in [6.07, 6.45) is 4.00. The standard InChI is InChI=1S/C14H16N2O4/c17-11(12-5-3-7-20-12)8-15-9-13(18)16-6-2-1-4-10(16)14(15)19/h3,5,7,10H,1-2,4,6,8-9H2. The summed E-state index contributed by atoms with van der Waals surface area (Å²) in [7, 11) is 0. The van der Waals surface area contributed by atoms with E-state index in [0.717, 1.165) is 12.8 Å². The summed E-state index contributed by atoms with van der Waals surface area (Å²) in [5.74, 6) is -0.248. The minimum absolute atomic E-state index is 0.0121. The van der Waals surface area contributed by atoms with Gasteiger partial charge in [0.05, 0.1) is 12.8 Å². The van der Waals surface area contributed by atoms with E-state index >= 15 is 0 Å². The SMILES string of the molecule is O=C(CN1CC(=O)N2CCCCC2C1=O)c1ccco1. The van der Waals surface area contributed by atoms with Crippen LogP contribution in [0.15, 0.2) is 22.8 Å². The number of piperazine rings is 1. The number of rotatable bonds is 3. The molecule has 20 heavy (non-hydrogen) atoms. The van der Waals surface area contributed by atoms with Crippen LogP contribution in [0.3, 0.4) is 0 Å². The number of nitrogens with zero attached hydrogens (tertiary/aromatic N) is 2. The van der Waals surface area contributed by atoms with Gasteiger partial charge in [-0.1, -0.05) is 0 Å². The van der Waals surface area contributed by atoms with E-state index in [-0.39, 0.29) is 42.5 Å². The molecule has 6 nitrogen and oxygen atoms in total. The van der Waals surface area contributed by atoms with Crippen LogP contribution < -0.4 is 0 Å². The topological polar surface area (TPSA) is 70.8 Å². The molecule has 0 aliphatic carbocycles. The summed E-state index contributed by atoms with van der Waals surface area (Å²) < 4.78 is 5.02. The maximum Gasteiger partial charge on any atom is 0.246 e. The third-order valence-electron chi connectivity index (χ3n) is 3.88. The van der Waals surface area contributed by atoms with Gasteiger partial charge in [0, 0.05) is 6.54 Å². The smallest absolute Gasteiger partial charge is 0.246 e. The Morgan fingerprint density at radius 1 is 1.35 bits per heavy atom. The van der Waals surface area contributed by atoms with Crippen LogP contribution in [-0.4, -0.2) is 53.1 Å². The zero-order valence-electron chi connectivity index (χ0n) is 11.1. The average Bonchev–Trinajstić information content (AvgIpc) is 2.99. The van der Waals surface area contributed by atoms with Gasteiger partial charge in [0.25, 0.3) is 0 Å². The van der Waals surface area contributed by atoms with Crippen LogP contribution in [0.5, 0.6) is 0 Å². The maximum absolute atomic E-state index is 12.4. The number of hydrogen-bond acceptors (Lipinski definition) is 4. The monoisotopic (exact) mass is 276 g/mol. The van der Waals surface area contributed by atoms with Gasteiger partial charge in [0.15, 0.2) is 5.76 Å². The van der Waals surface area contributed by atoms with Crippen LogP contribution >= 0.6 is 0 Å². The summed E-state index contributed by atoms with van der Waals surface area (Å²) in [6.45, 7) is 0.541. The van der Waals surface area contributed by atoms with Crippen LogP contribution in [0.1, 0.15) is 29.8 Å². The molecule has 0 radical (unpaired) electrons. The maximum atomic E-state index is 12.4. The van der Waals surface area contributed by atoms with E-state index in [1.807, 2.05) is 0 Å². The number of fused-ring (bicyclic) bond motifs is 1. The van der Waals surface area contributed by atoms with Gasteiger partial charge in [-0.05, 0) is 31.4 Å². The summed E-state index contributed by atoms with van der Waals surface area (Å²) in [5.41, 5.74) is 0. The minimum atomic E-state index is -0.380. The molecule has 0 N–H and O–H groups in total. The van der Waals surface area contributed by atoms with Crippen LogP contribution in [0.25, 0.3) is 0 Å². The molecular formula is C14H16N2O4. The summed E-state index contributed by atoms with van der Waals surface area (Å²) in [4.78, 5) is 39.4. The number of piperidine rings is 1. The molecule has 2 aliphatic rings. The van der Waals surface area contributed by atoms with Crippen molar-refractivity contribution in [3.63, 3.8) is 0 Å². The first-order valence-corrected chi connectivity index (χ1v) is 6.82. The second-order valence-corrected chi connectivity index (χ2v) is 5.19. The molecule has 3 heterocycles. The van der Waals surface area contributed by atoms with E-state index < -0.39 is 0 Å². The van der Waals surface area contributed by atoms with E-state index in [4.69, 9.17) is 4.42 Å². The van der Waals surface area contributed by atoms with Gasteiger partial charge >= 0.3 is 0 Å². The molecule has 3 rings (SSSR count). The Balaban J connectivity index is 1.72. The molecule has 1 unspecified atom stereocenters. The van der Waals surface area contributed by atoms with Crippen molar-refractivity contribution in [2.24, 2.45) is 0 Å². The molecule has 106 valence electrons. The predicted molar refractivity (Wildman–Crippen MR) is 69.0 cm³/mol. The quantitative estimate of drug-likeness (QED) is 0.761. The Hall–Kier alpha value is -2.11. The Bertz CT molecular complexity index is 537. The Morgan fingerprint density at radius 2 is 2.20 bits per heavy atom. The Morgan fingerprint density at radius 3 is 2.95 bits per heavy atom. The van der Waals surface area contributed by atoms with Gasteiger partial charge in [-0.15, -0.1) is 0 Å². The average molecular weight is 276 g/mol. The van der Waals surface area contributed by atoms with Crippen LogP contribution in [0.2, 0.25) is 0 Å². The van der Waals surface area contributed by atoms with Gasteiger partial charge in [-0.3, -0.25) is 14.4 Å². The summed E-state index contributed by atoms with van der Waals surface area (Å²) in [6, 6.07) is 2.81. The van der Waals surface area contributed by atoms with Crippen molar-refractivity contribution in [2.75, 3.05) is 19.6 Å². The van der Waals surface area contributed by atoms with Crippen molar-refractivity contribution in [2.45, 2.75) is 25.3 Å². The first-order valence-electron chi connectivity index (χ1n) is 6.82. The molecule has 2 amide bonds. The fourth-order valence-corrected chi connectivity index (χ4v) is 2.85. The number of ketones is 1. The Labute approximate surface area is 116 Å². The highest BCUT2D eigenvalue weighted by Crippen LogP contribution is 2.23. The molecule has 0 spiro atoms. The van der Waals surface area contributed by atoms with E-state index in [0.29, 0.717) is 13.0 Å². The van der Waals surface area contributed by atoms with E-state index in [9.17, 15) is 14.4 Å². The summed E-state index contributed by atoms with van der Waals surface area (Å²) in [5, 5.41) is 0. The number of hydrogen-bond donors (Lipinski definition) is 0. The van der Waals surface area contributed by atoms with Gasteiger partial charge in [-0.2, -0.15) is 0 Å². The molecular weight excluding hydrogens is 260 g/mol. The minimum Gasteiger partial charge on any atom is -0.461 e. The highest BCUT2D eigenvalue weighted by atomic mass is 16.3. The van der Waals surface area contributed by atoms with Crippen molar-refractivity contribution in [3.05, 3.63) is 24.2 Å². The molecule has 6 heteroatoms. The number of carbonyl (C=O) groups excluding carboxylic acids is 3. The van der Waals surface area contributed by atoms with Crippen LogP contribution in [-0.2, 0) is 9.59 Å². The zero-order valence-corrected chi connectivity index (χ0v) is 11.1. The molecule has 2 aliphatic heterocycles. The lowest BCUT2D eigenvalue weighted by Crippen LogP contribution is -2.61. The number of furan rings is 1. The lowest BCUT2D eigenvalue weighted by atomic mass is 9.98. The molecule has 1 atom stereocenters. The van der Waals surface area contributed by atoms with Gasteiger partial charge in [0.1, 0.15) is 12.6 Å². The van der Waals surface area contributed by atoms with Crippen molar-refractivity contribution in [1.29, 1.82) is 0 Å². The molecule has 1 aromatic heterocycles. The number of carbonyl (C=O) groups is 3. The van der Waals surface area contributed by atoms with E-state index in [1.54, 1.807) is 17.0 Å². The van der Waals surface area contributed by atoms with Crippen molar-refractivity contribution >= 4 is 17.6 Å². The van der Waals surface area contributed by atoms with Gasteiger partial charge < -0.3 is 14.2 Å². The molecule has 1 aromatic rings. The number of Topliss-reactive ketones (excluding diaryl/α,β-unsaturated/α-hetero) is 1. The lowest BCUT2D eigenvalue weighted by molar-refractivity contribution is -0.157. The van der Waals surface area contributed by atoms with Gasteiger partial charge in [0.2, 0.25) is 17.6 Å². The molecule has 2 saturated heterocycles. The molecule has 0 bridgehead atoms. The second-order valence-electron chi connectivity index (χ2n) is 5.19. The van der Waals surface area contributed by atoms with Crippen molar-refractivity contribution in [1.82, 2.24) is 9.80 Å². The fourth-order valence-electron chi connectivity index (χ4n) is 2.85.